The van der Waals surface area contributed by atoms with Gasteiger partial charge in [0.05, 0.1) is 12.5 Å². The first-order valence-electron chi connectivity index (χ1n) is 7.29. The standard InChI is InChI=1S/C14H27F3N2O/c1-11(2)19(7-8-20-3)13(10-18)6-4-5-12(9-13)14(15,16)17/h11-12H,4-10,18H2,1-3H3. The smallest absolute Gasteiger partial charge is 0.383 e. The fourth-order valence-electron chi connectivity index (χ4n) is 3.42. The Kier molecular flexibility index (Phi) is 6.28. The molecule has 0 spiro atoms. The van der Waals surface area contributed by atoms with Crippen LogP contribution >= 0.6 is 0 Å². The zero-order chi connectivity index (χ0) is 15.4. The fourth-order valence-corrected chi connectivity index (χ4v) is 3.42. The van der Waals surface area contributed by atoms with Gasteiger partial charge in [-0.25, -0.2) is 0 Å². The molecule has 1 saturated carbocycles. The summed E-state index contributed by atoms with van der Waals surface area (Å²) in [6.45, 7) is 5.41. The second kappa shape index (κ2) is 7.09. The number of ether oxygens (including phenoxy) is 1. The minimum absolute atomic E-state index is 0.106. The van der Waals surface area contributed by atoms with Gasteiger partial charge < -0.3 is 10.5 Å². The fraction of sp³-hybridized carbons (Fsp3) is 1.00. The number of alkyl halides is 3. The van der Waals surface area contributed by atoms with Crippen LogP contribution in [0.3, 0.4) is 0 Å². The van der Waals surface area contributed by atoms with E-state index in [9.17, 15) is 13.2 Å². The summed E-state index contributed by atoms with van der Waals surface area (Å²) in [6, 6.07) is 0.153. The molecule has 20 heavy (non-hydrogen) atoms. The van der Waals surface area contributed by atoms with Crippen molar-refractivity contribution in [2.24, 2.45) is 11.7 Å². The monoisotopic (exact) mass is 296 g/mol. The molecular weight excluding hydrogens is 269 g/mol. The minimum atomic E-state index is -4.12. The van der Waals surface area contributed by atoms with Crippen molar-refractivity contribution in [2.45, 2.75) is 57.3 Å². The maximum absolute atomic E-state index is 13.1. The van der Waals surface area contributed by atoms with Gasteiger partial charge in [0.1, 0.15) is 0 Å². The highest BCUT2D eigenvalue weighted by Crippen LogP contribution is 2.44. The molecule has 0 saturated heterocycles. The second-order valence-corrected chi connectivity index (χ2v) is 6.04. The summed E-state index contributed by atoms with van der Waals surface area (Å²) >= 11 is 0. The third-order valence-electron chi connectivity index (χ3n) is 4.43. The molecule has 0 heterocycles. The lowest BCUT2D eigenvalue weighted by molar-refractivity contribution is -0.195. The minimum Gasteiger partial charge on any atom is -0.383 e. The maximum Gasteiger partial charge on any atom is 0.391 e. The molecule has 2 N–H and O–H groups in total. The van der Waals surface area contributed by atoms with Gasteiger partial charge in [0.25, 0.3) is 0 Å². The maximum atomic E-state index is 13.1. The second-order valence-electron chi connectivity index (χ2n) is 6.04. The largest absolute Gasteiger partial charge is 0.391 e. The lowest BCUT2D eigenvalue weighted by atomic mass is 9.73. The van der Waals surface area contributed by atoms with E-state index in [0.717, 1.165) is 6.42 Å². The molecule has 1 rings (SSSR count). The highest BCUT2D eigenvalue weighted by molar-refractivity contribution is 4.99. The molecule has 6 heteroatoms. The van der Waals surface area contributed by atoms with E-state index in [0.29, 0.717) is 19.6 Å². The molecule has 0 aromatic heterocycles. The predicted molar refractivity (Wildman–Crippen MR) is 73.5 cm³/mol. The molecule has 0 bridgehead atoms. The van der Waals surface area contributed by atoms with E-state index in [2.05, 4.69) is 4.90 Å². The van der Waals surface area contributed by atoms with Crippen LogP contribution in [0.5, 0.6) is 0 Å². The summed E-state index contributed by atoms with van der Waals surface area (Å²) in [7, 11) is 1.60. The summed E-state index contributed by atoms with van der Waals surface area (Å²) in [6.07, 6.45) is -2.48. The number of methoxy groups -OCH3 is 1. The zero-order valence-electron chi connectivity index (χ0n) is 12.7. The van der Waals surface area contributed by atoms with E-state index in [4.69, 9.17) is 10.5 Å². The van der Waals surface area contributed by atoms with Gasteiger partial charge in [-0.3, -0.25) is 4.90 Å². The van der Waals surface area contributed by atoms with Crippen molar-refractivity contribution >= 4 is 0 Å². The van der Waals surface area contributed by atoms with Crippen molar-refractivity contribution in [3.63, 3.8) is 0 Å². The first-order chi connectivity index (χ1) is 9.27. The topological polar surface area (TPSA) is 38.5 Å². The van der Waals surface area contributed by atoms with Crippen LogP contribution in [-0.4, -0.2) is 49.5 Å². The predicted octanol–water partition coefficient (Wildman–Crippen LogP) is 2.79. The summed E-state index contributed by atoms with van der Waals surface area (Å²) in [5, 5.41) is 0. The van der Waals surface area contributed by atoms with Crippen LogP contribution in [-0.2, 0) is 4.74 Å². The van der Waals surface area contributed by atoms with E-state index < -0.39 is 17.6 Å². The molecule has 2 atom stereocenters. The highest BCUT2D eigenvalue weighted by Gasteiger charge is 2.49. The van der Waals surface area contributed by atoms with E-state index >= 15 is 0 Å². The number of nitrogens with two attached hydrogens (primary N) is 1. The Morgan fingerprint density at radius 2 is 2.05 bits per heavy atom. The quantitative estimate of drug-likeness (QED) is 0.819. The third-order valence-corrected chi connectivity index (χ3v) is 4.43. The molecule has 1 fully saturated rings. The number of hydrogen-bond acceptors (Lipinski definition) is 3. The van der Waals surface area contributed by atoms with Crippen molar-refractivity contribution in [3.8, 4) is 0 Å². The van der Waals surface area contributed by atoms with Crippen molar-refractivity contribution in [3.05, 3.63) is 0 Å². The van der Waals surface area contributed by atoms with Crippen molar-refractivity contribution in [1.29, 1.82) is 0 Å². The van der Waals surface area contributed by atoms with Gasteiger partial charge in [-0.2, -0.15) is 13.2 Å². The number of hydrogen-bond donors (Lipinski definition) is 1. The number of halogens is 3. The van der Waals surface area contributed by atoms with Gasteiger partial charge in [0.2, 0.25) is 0 Å². The SMILES string of the molecule is COCCN(C(C)C)C1(CN)CCCC(C(F)(F)F)C1. The Bertz CT molecular complexity index is 297. The van der Waals surface area contributed by atoms with Crippen LogP contribution in [0, 0.1) is 5.92 Å². The van der Waals surface area contributed by atoms with Crippen molar-refractivity contribution in [2.75, 3.05) is 26.8 Å². The van der Waals surface area contributed by atoms with Crippen LogP contribution in [0.25, 0.3) is 0 Å². The summed E-state index contributed by atoms with van der Waals surface area (Å²) in [5.41, 5.74) is 5.35. The summed E-state index contributed by atoms with van der Waals surface area (Å²) in [5.74, 6) is -1.23. The lowest BCUT2D eigenvalue weighted by Gasteiger charge is -2.50. The molecular formula is C14H27F3N2O. The first-order valence-corrected chi connectivity index (χ1v) is 7.29. The van der Waals surface area contributed by atoms with Gasteiger partial charge in [-0.15, -0.1) is 0 Å². The zero-order valence-corrected chi connectivity index (χ0v) is 12.7. The normalized spacial score (nSPS) is 28.4. The van der Waals surface area contributed by atoms with Crippen LogP contribution < -0.4 is 5.73 Å². The van der Waals surface area contributed by atoms with Crippen LogP contribution in [0.15, 0.2) is 0 Å². The van der Waals surface area contributed by atoms with Gasteiger partial charge in [-0.1, -0.05) is 6.42 Å². The Balaban J connectivity index is 2.92. The van der Waals surface area contributed by atoms with Crippen LogP contribution in [0.2, 0.25) is 0 Å². The van der Waals surface area contributed by atoms with Gasteiger partial charge in [0, 0.05) is 31.8 Å². The Morgan fingerprint density at radius 3 is 2.50 bits per heavy atom. The molecule has 1 aliphatic carbocycles. The van der Waals surface area contributed by atoms with Crippen molar-refractivity contribution < 1.29 is 17.9 Å². The van der Waals surface area contributed by atoms with E-state index in [1.807, 2.05) is 13.8 Å². The molecule has 0 aromatic carbocycles. The van der Waals surface area contributed by atoms with E-state index in [1.54, 1.807) is 7.11 Å². The van der Waals surface area contributed by atoms with Gasteiger partial charge in [0.15, 0.2) is 0 Å². The van der Waals surface area contributed by atoms with Crippen LogP contribution in [0.1, 0.15) is 39.5 Å². The average molecular weight is 296 g/mol. The number of rotatable bonds is 6. The van der Waals surface area contributed by atoms with E-state index in [-0.39, 0.29) is 25.4 Å². The molecule has 1 aliphatic rings. The highest BCUT2D eigenvalue weighted by atomic mass is 19.4. The summed E-state index contributed by atoms with van der Waals surface area (Å²) in [4.78, 5) is 2.11. The summed E-state index contributed by atoms with van der Waals surface area (Å²) < 4.78 is 44.3. The molecule has 0 aliphatic heterocycles. The van der Waals surface area contributed by atoms with Crippen LogP contribution in [0.4, 0.5) is 13.2 Å². The Morgan fingerprint density at radius 1 is 1.40 bits per heavy atom. The third kappa shape index (κ3) is 4.09. The molecule has 0 aromatic rings. The number of nitrogens with zero attached hydrogens (tertiary/aromatic N) is 1. The Labute approximate surface area is 119 Å². The van der Waals surface area contributed by atoms with Gasteiger partial charge in [-0.05, 0) is 33.1 Å². The van der Waals surface area contributed by atoms with E-state index in [1.165, 1.54) is 0 Å². The first kappa shape index (κ1) is 17.7. The molecule has 3 nitrogen and oxygen atoms in total. The average Bonchev–Trinajstić information content (AvgIpc) is 2.38. The molecule has 0 amide bonds. The Hall–Kier alpha value is -0.330. The molecule has 120 valence electrons. The molecule has 0 radical (unpaired) electrons. The molecule has 2 unspecified atom stereocenters. The van der Waals surface area contributed by atoms with Gasteiger partial charge >= 0.3 is 6.18 Å². The van der Waals surface area contributed by atoms with Crippen molar-refractivity contribution in [1.82, 2.24) is 4.90 Å². The lowest BCUT2D eigenvalue weighted by Crippen LogP contribution is -2.60.